The summed E-state index contributed by atoms with van der Waals surface area (Å²) in [6, 6.07) is 0. The zero-order valence-corrected chi connectivity index (χ0v) is 15.0. The van der Waals surface area contributed by atoms with Crippen molar-refractivity contribution in [3.8, 4) is 0 Å². The van der Waals surface area contributed by atoms with Gasteiger partial charge in [-0.2, -0.15) is 0 Å². The van der Waals surface area contributed by atoms with Gasteiger partial charge in [0, 0.05) is 11.3 Å². The third-order valence-corrected chi connectivity index (χ3v) is 10.1. The van der Waals surface area contributed by atoms with Crippen LogP contribution in [0.2, 0.25) is 0 Å². The van der Waals surface area contributed by atoms with E-state index in [1.165, 1.54) is 38.5 Å². The summed E-state index contributed by atoms with van der Waals surface area (Å²) in [5.41, 5.74) is 0.894. The number of Topliss-reactive ketones (excluding diaryl/α,β-unsaturated/α-hetero) is 1. The Morgan fingerprint density at radius 3 is 2.52 bits per heavy atom. The van der Waals surface area contributed by atoms with Gasteiger partial charge in [-0.05, 0) is 92.8 Å². The molecule has 0 saturated heterocycles. The molecule has 0 aromatic carbocycles. The summed E-state index contributed by atoms with van der Waals surface area (Å²) in [6.45, 7) is 6.74. The molecule has 5 aliphatic carbocycles. The molecule has 0 bridgehead atoms. The normalized spacial score (nSPS) is 63.0. The zero-order chi connectivity index (χ0) is 16.2. The molecule has 128 valence electrons. The molecule has 5 saturated carbocycles. The van der Waals surface area contributed by atoms with Crippen molar-refractivity contribution >= 4 is 5.78 Å². The predicted octanol–water partition coefficient (Wildman–Crippen LogP) is 4.21. The van der Waals surface area contributed by atoms with Gasteiger partial charge in [-0.3, -0.25) is 4.79 Å². The molecule has 5 aliphatic rings. The molecule has 0 radical (unpaired) electrons. The fourth-order valence-corrected chi connectivity index (χ4v) is 8.98. The van der Waals surface area contributed by atoms with Crippen LogP contribution in [0.1, 0.15) is 72.1 Å². The predicted molar refractivity (Wildman–Crippen MR) is 89.7 cm³/mol. The first-order chi connectivity index (χ1) is 10.8. The molecule has 0 aromatic heterocycles. The van der Waals surface area contributed by atoms with Gasteiger partial charge in [-0.1, -0.05) is 13.8 Å². The van der Waals surface area contributed by atoms with E-state index in [4.69, 9.17) is 0 Å². The molecule has 5 rings (SSSR count). The summed E-state index contributed by atoms with van der Waals surface area (Å²) in [4.78, 5) is 12.2. The van der Waals surface area contributed by atoms with Gasteiger partial charge in [0.15, 0.2) is 0 Å². The number of rotatable bonds is 1. The van der Waals surface area contributed by atoms with E-state index < -0.39 is 0 Å². The lowest BCUT2D eigenvalue weighted by molar-refractivity contribution is -0.153. The van der Waals surface area contributed by atoms with Gasteiger partial charge in [-0.15, -0.1) is 0 Å². The molecule has 0 aromatic rings. The van der Waals surface area contributed by atoms with E-state index in [1.54, 1.807) is 0 Å². The van der Waals surface area contributed by atoms with E-state index in [1.807, 2.05) is 6.92 Å². The Kier molecular flexibility index (Phi) is 2.75. The van der Waals surface area contributed by atoms with Crippen molar-refractivity contribution in [1.29, 1.82) is 0 Å². The minimum absolute atomic E-state index is 0.0695. The Bertz CT molecular complexity index is 570. The van der Waals surface area contributed by atoms with Crippen LogP contribution >= 0.6 is 0 Å². The van der Waals surface area contributed by atoms with E-state index in [-0.39, 0.29) is 17.4 Å². The highest BCUT2D eigenvalue weighted by atomic mass is 16.3. The molecular formula is C21H32O2. The maximum Gasteiger partial charge on any atom is 0.133 e. The van der Waals surface area contributed by atoms with Crippen molar-refractivity contribution in [2.24, 2.45) is 45.8 Å². The number of hydrogen-bond donors (Lipinski definition) is 1. The molecule has 23 heavy (non-hydrogen) atoms. The number of aliphatic hydroxyl groups is 1. The first-order valence-corrected chi connectivity index (χ1v) is 10.0. The lowest BCUT2D eigenvalue weighted by Crippen LogP contribution is -2.56. The molecule has 1 spiro atoms. The monoisotopic (exact) mass is 316 g/mol. The van der Waals surface area contributed by atoms with E-state index in [0.717, 1.165) is 24.7 Å². The van der Waals surface area contributed by atoms with Crippen LogP contribution in [0.5, 0.6) is 0 Å². The van der Waals surface area contributed by atoms with Crippen molar-refractivity contribution in [1.82, 2.24) is 0 Å². The van der Waals surface area contributed by atoms with Crippen molar-refractivity contribution in [3.63, 3.8) is 0 Å². The Hall–Kier alpha value is -0.370. The molecule has 1 N–H and O–H groups in total. The van der Waals surface area contributed by atoms with E-state index in [2.05, 4.69) is 13.8 Å². The van der Waals surface area contributed by atoms with Gasteiger partial charge in [0.25, 0.3) is 0 Å². The molecular weight excluding hydrogens is 284 g/mol. The van der Waals surface area contributed by atoms with Crippen LogP contribution in [0.4, 0.5) is 0 Å². The molecule has 0 unspecified atom stereocenters. The van der Waals surface area contributed by atoms with E-state index in [9.17, 15) is 9.90 Å². The van der Waals surface area contributed by atoms with Crippen molar-refractivity contribution in [2.45, 2.75) is 78.2 Å². The second-order valence-electron chi connectivity index (χ2n) is 10.3. The van der Waals surface area contributed by atoms with Gasteiger partial charge in [-0.25, -0.2) is 0 Å². The Morgan fingerprint density at radius 2 is 1.83 bits per heavy atom. The molecule has 5 fully saturated rings. The topological polar surface area (TPSA) is 37.3 Å². The summed E-state index contributed by atoms with van der Waals surface area (Å²) in [5.74, 6) is 3.68. The van der Waals surface area contributed by atoms with Gasteiger partial charge in [0.2, 0.25) is 0 Å². The van der Waals surface area contributed by atoms with Crippen LogP contribution in [0.25, 0.3) is 0 Å². The molecule has 0 amide bonds. The first-order valence-electron chi connectivity index (χ1n) is 10.0. The van der Waals surface area contributed by atoms with Crippen molar-refractivity contribution in [3.05, 3.63) is 0 Å². The fraction of sp³-hybridized carbons (Fsp3) is 0.952. The fourth-order valence-electron chi connectivity index (χ4n) is 8.98. The van der Waals surface area contributed by atoms with Gasteiger partial charge >= 0.3 is 0 Å². The number of ketones is 1. The van der Waals surface area contributed by atoms with Crippen LogP contribution in [0, 0.1) is 45.8 Å². The molecule has 2 heteroatoms. The number of hydrogen-bond acceptors (Lipinski definition) is 2. The Balaban J connectivity index is 1.52. The third kappa shape index (κ3) is 1.50. The van der Waals surface area contributed by atoms with E-state index in [0.29, 0.717) is 28.4 Å². The minimum Gasteiger partial charge on any atom is -0.393 e. The average molecular weight is 316 g/mol. The maximum absolute atomic E-state index is 12.2. The van der Waals surface area contributed by atoms with Crippen LogP contribution in [-0.4, -0.2) is 17.0 Å². The van der Waals surface area contributed by atoms with E-state index >= 15 is 0 Å². The van der Waals surface area contributed by atoms with Crippen LogP contribution < -0.4 is 0 Å². The number of aliphatic hydroxyl groups excluding tert-OH is 1. The van der Waals surface area contributed by atoms with Crippen molar-refractivity contribution < 1.29 is 9.90 Å². The lowest BCUT2D eigenvalue weighted by atomic mass is 9.45. The SMILES string of the molecule is CC(=O)[C@H]1CC[C@H]2[C@@H]3C[C@H](O)[C@@]45C[C@H]4CC[C@]5(C)[C@H]3CC[C@]12C. The third-order valence-electron chi connectivity index (χ3n) is 10.1. The summed E-state index contributed by atoms with van der Waals surface area (Å²) in [5, 5.41) is 11.1. The Morgan fingerprint density at radius 1 is 1.04 bits per heavy atom. The van der Waals surface area contributed by atoms with Crippen LogP contribution in [0.15, 0.2) is 0 Å². The summed E-state index contributed by atoms with van der Waals surface area (Å²) >= 11 is 0. The van der Waals surface area contributed by atoms with Gasteiger partial charge in [0.05, 0.1) is 6.10 Å². The second kappa shape index (κ2) is 4.23. The zero-order valence-electron chi connectivity index (χ0n) is 15.0. The quantitative estimate of drug-likeness (QED) is 0.787. The highest BCUT2D eigenvalue weighted by Gasteiger charge is 2.77. The molecule has 0 heterocycles. The molecule has 0 aliphatic heterocycles. The maximum atomic E-state index is 12.2. The largest absolute Gasteiger partial charge is 0.393 e. The number of carbonyl (C=O) groups excluding carboxylic acids is 1. The van der Waals surface area contributed by atoms with Crippen LogP contribution in [0.3, 0.4) is 0 Å². The summed E-state index contributed by atoms with van der Waals surface area (Å²) < 4.78 is 0. The highest BCUT2D eigenvalue weighted by Crippen LogP contribution is 2.81. The summed E-state index contributed by atoms with van der Waals surface area (Å²) in [6.07, 6.45) is 9.83. The van der Waals surface area contributed by atoms with Gasteiger partial charge in [0.1, 0.15) is 5.78 Å². The van der Waals surface area contributed by atoms with Crippen molar-refractivity contribution in [2.75, 3.05) is 0 Å². The molecule has 9 atom stereocenters. The molecule has 2 nitrogen and oxygen atoms in total. The highest BCUT2D eigenvalue weighted by molar-refractivity contribution is 5.79. The second-order valence-corrected chi connectivity index (χ2v) is 10.3. The Labute approximate surface area is 140 Å². The summed E-state index contributed by atoms with van der Waals surface area (Å²) in [7, 11) is 0. The van der Waals surface area contributed by atoms with Crippen LogP contribution in [-0.2, 0) is 4.79 Å². The lowest BCUT2D eigenvalue weighted by Gasteiger charge is -2.60. The number of carbonyl (C=O) groups is 1. The first kappa shape index (κ1) is 14.9. The minimum atomic E-state index is -0.0695. The standard InChI is InChI=1S/C21H32O2/c1-12(22)15-4-5-16-14-10-18(23)21-11-13(21)6-9-20(21,3)17(14)7-8-19(15,16)2/h13-18,23H,4-11H2,1-3H3/t13-,14+,15-,16+,17+,18+,19-,20-,21-/m1/s1. The van der Waals surface area contributed by atoms with Gasteiger partial charge < -0.3 is 5.11 Å². The smallest absolute Gasteiger partial charge is 0.133 e. The number of fused-ring (bicyclic) bond motifs is 4. The average Bonchev–Trinajstić information content (AvgIpc) is 3.01.